The van der Waals surface area contributed by atoms with Crippen molar-refractivity contribution >= 4 is 40.4 Å². The van der Waals surface area contributed by atoms with Crippen LogP contribution >= 0.6 is 22.9 Å². The van der Waals surface area contributed by atoms with Crippen LogP contribution < -0.4 is 15.4 Å². The number of ether oxygens (including phenoxy) is 1. The molecule has 0 bridgehead atoms. The monoisotopic (exact) mass is 532 g/mol. The average Bonchev–Trinajstić information content (AvgIpc) is 3.54. The first-order valence-corrected chi connectivity index (χ1v) is 13.4. The molecular formula is C27H25ClN6O2S. The number of benzene rings is 2. The van der Waals surface area contributed by atoms with E-state index in [4.69, 9.17) is 21.3 Å². The van der Waals surface area contributed by atoms with Gasteiger partial charge in [-0.3, -0.25) is 9.56 Å². The van der Waals surface area contributed by atoms with E-state index in [9.17, 15) is 4.79 Å². The standard InChI is InChI=1S/C27H25ClN6O2S/c1-3-16-14-18-22(17-8-4-5-9-19(17)28)30-23(31-27(35)29-20-10-6-7-11-21(20)36-2)25-33-32-24(15-12-13-15)34(25)26(18)37-16/h4-11,14-15,23H,3,12-13H2,1-2H3,(H2,29,31,35). The van der Waals surface area contributed by atoms with Gasteiger partial charge < -0.3 is 15.4 Å². The van der Waals surface area contributed by atoms with E-state index in [0.29, 0.717) is 33.9 Å². The predicted octanol–water partition coefficient (Wildman–Crippen LogP) is 6.10. The number of amides is 2. The minimum atomic E-state index is -0.786. The number of methoxy groups -OCH3 is 1. The van der Waals surface area contributed by atoms with Crippen molar-refractivity contribution in [3.63, 3.8) is 0 Å². The van der Waals surface area contributed by atoms with E-state index in [1.54, 1.807) is 30.6 Å². The SMILES string of the molecule is CCc1cc2c(s1)-n1c(C3CC3)nnc1C(NC(=O)Nc1ccccc1OC)N=C2c1ccccc1Cl. The van der Waals surface area contributed by atoms with Crippen molar-refractivity contribution < 1.29 is 9.53 Å². The average molecular weight is 533 g/mol. The van der Waals surface area contributed by atoms with E-state index >= 15 is 0 Å². The summed E-state index contributed by atoms with van der Waals surface area (Å²) in [4.78, 5) is 19.5. The third kappa shape index (κ3) is 4.38. The number of fused-ring (bicyclic) bond motifs is 3. The van der Waals surface area contributed by atoms with Crippen LogP contribution in [0.1, 0.15) is 59.5 Å². The third-order valence-electron chi connectivity index (χ3n) is 6.48. The molecule has 4 aromatic rings. The molecule has 8 nitrogen and oxygen atoms in total. The van der Waals surface area contributed by atoms with Gasteiger partial charge in [-0.1, -0.05) is 48.9 Å². The number of aliphatic imine (C=N–C) groups is 1. The van der Waals surface area contributed by atoms with Crippen molar-refractivity contribution in [1.29, 1.82) is 0 Å². The largest absolute Gasteiger partial charge is 0.495 e. The highest BCUT2D eigenvalue weighted by Crippen LogP contribution is 2.44. The molecule has 0 radical (unpaired) electrons. The summed E-state index contributed by atoms with van der Waals surface area (Å²) in [7, 11) is 1.56. The number of hydrogen-bond acceptors (Lipinski definition) is 6. The Balaban J connectivity index is 1.47. The Labute approximate surface area is 223 Å². The zero-order valence-electron chi connectivity index (χ0n) is 20.4. The fourth-order valence-corrected chi connectivity index (χ4v) is 5.83. The van der Waals surface area contributed by atoms with Gasteiger partial charge in [-0.15, -0.1) is 21.5 Å². The molecule has 2 aliphatic rings. The molecule has 1 atom stereocenters. The molecule has 37 heavy (non-hydrogen) atoms. The van der Waals surface area contributed by atoms with Gasteiger partial charge in [0.05, 0.1) is 18.5 Å². The lowest BCUT2D eigenvalue weighted by atomic mass is 10.0. The quantitative estimate of drug-likeness (QED) is 0.313. The van der Waals surface area contributed by atoms with E-state index in [2.05, 4.69) is 38.4 Å². The van der Waals surface area contributed by atoms with Gasteiger partial charge in [0, 0.05) is 26.9 Å². The number of halogens is 1. The van der Waals surface area contributed by atoms with Crippen LogP contribution in [0.5, 0.6) is 5.75 Å². The highest BCUT2D eigenvalue weighted by Gasteiger charge is 2.37. The van der Waals surface area contributed by atoms with Gasteiger partial charge in [-0.05, 0) is 43.5 Å². The first kappa shape index (κ1) is 23.7. The minimum Gasteiger partial charge on any atom is -0.495 e. The number of urea groups is 1. The predicted molar refractivity (Wildman–Crippen MR) is 146 cm³/mol. The molecule has 6 rings (SSSR count). The highest BCUT2D eigenvalue weighted by atomic mass is 35.5. The molecule has 10 heteroatoms. The Morgan fingerprint density at radius 2 is 1.86 bits per heavy atom. The molecule has 2 aromatic carbocycles. The number of rotatable bonds is 6. The van der Waals surface area contributed by atoms with Crippen LogP contribution in [-0.4, -0.2) is 33.6 Å². The second-order valence-electron chi connectivity index (χ2n) is 8.97. The Hall–Kier alpha value is -3.69. The molecule has 1 aliphatic carbocycles. The summed E-state index contributed by atoms with van der Waals surface area (Å²) in [6.07, 6.45) is 2.26. The molecule has 2 amide bonds. The summed E-state index contributed by atoms with van der Waals surface area (Å²) in [5.41, 5.74) is 3.03. The summed E-state index contributed by atoms with van der Waals surface area (Å²) in [6.45, 7) is 2.14. The van der Waals surface area contributed by atoms with Gasteiger partial charge in [-0.2, -0.15) is 0 Å². The number of hydrogen-bond donors (Lipinski definition) is 2. The lowest BCUT2D eigenvalue weighted by Gasteiger charge is -2.16. The van der Waals surface area contributed by atoms with Crippen LogP contribution in [0.2, 0.25) is 5.02 Å². The molecule has 0 saturated heterocycles. The molecular weight excluding hydrogens is 508 g/mol. The number of anilines is 1. The van der Waals surface area contributed by atoms with E-state index < -0.39 is 12.2 Å². The Bertz CT molecular complexity index is 1520. The van der Waals surface area contributed by atoms with Gasteiger partial charge in [0.25, 0.3) is 0 Å². The van der Waals surface area contributed by atoms with Crippen molar-refractivity contribution in [3.05, 3.63) is 87.3 Å². The molecule has 1 unspecified atom stereocenters. The van der Waals surface area contributed by atoms with Gasteiger partial charge in [-0.25, -0.2) is 4.79 Å². The van der Waals surface area contributed by atoms with Crippen molar-refractivity contribution in [3.8, 4) is 10.8 Å². The lowest BCUT2D eigenvalue weighted by Crippen LogP contribution is -2.33. The van der Waals surface area contributed by atoms with Gasteiger partial charge in [0.2, 0.25) is 0 Å². The Kier molecular flexibility index (Phi) is 6.18. The zero-order valence-corrected chi connectivity index (χ0v) is 21.9. The van der Waals surface area contributed by atoms with E-state index in [-0.39, 0.29) is 0 Å². The number of nitrogens with one attached hydrogen (secondary N) is 2. The van der Waals surface area contributed by atoms with Crippen molar-refractivity contribution in [2.75, 3.05) is 12.4 Å². The lowest BCUT2D eigenvalue weighted by molar-refractivity contribution is 0.248. The summed E-state index contributed by atoms with van der Waals surface area (Å²) < 4.78 is 7.48. The normalized spacial score (nSPS) is 16.3. The van der Waals surface area contributed by atoms with E-state index in [0.717, 1.165) is 41.2 Å². The minimum absolute atomic E-state index is 0.353. The number of aromatic nitrogens is 3. The number of aryl methyl sites for hydroxylation is 1. The second kappa shape index (κ2) is 9.64. The fraction of sp³-hybridized carbons (Fsp3) is 0.259. The Morgan fingerprint density at radius 3 is 2.62 bits per heavy atom. The molecule has 2 N–H and O–H groups in total. The third-order valence-corrected chi connectivity index (χ3v) is 8.07. The molecule has 1 fully saturated rings. The van der Waals surface area contributed by atoms with Gasteiger partial charge >= 0.3 is 6.03 Å². The smallest absolute Gasteiger partial charge is 0.321 e. The van der Waals surface area contributed by atoms with Crippen LogP contribution in [0, 0.1) is 0 Å². The van der Waals surface area contributed by atoms with Gasteiger partial charge in [0.1, 0.15) is 16.6 Å². The first-order valence-electron chi connectivity index (χ1n) is 12.2. The van der Waals surface area contributed by atoms with E-state index in [1.165, 1.54) is 4.88 Å². The second-order valence-corrected chi connectivity index (χ2v) is 10.5. The molecule has 2 aromatic heterocycles. The van der Waals surface area contributed by atoms with Crippen LogP contribution in [0.3, 0.4) is 0 Å². The maximum Gasteiger partial charge on any atom is 0.321 e. The number of nitrogens with zero attached hydrogens (tertiary/aromatic N) is 4. The van der Waals surface area contributed by atoms with Crippen molar-refractivity contribution in [2.24, 2.45) is 4.99 Å². The van der Waals surface area contributed by atoms with Crippen molar-refractivity contribution in [1.82, 2.24) is 20.1 Å². The molecule has 0 spiro atoms. The zero-order chi connectivity index (χ0) is 25.5. The Morgan fingerprint density at radius 1 is 1.11 bits per heavy atom. The van der Waals surface area contributed by atoms with Crippen LogP contribution in [0.4, 0.5) is 10.5 Å². The van der Waals surface area contributed by atoms with Crippen molar-refractivity contribution in [2.45, 2.75) is 38.3 Å². The fourth-order valence-electron chi connectivity index (χ4n) is 4.49. The maximum atomic E-state index is 13.2. The molecule has 3 heterocycles. The topological polar surface area (TPSA) is 93.4 Å². The first-order chi connectivity index (χ1) is 18.1. The molecule has 1 saturated carbocycles. The highest BCUT2D eigenvalue weighted by molar-refractivity contribution is 7.15. The summed E-state index contributed by atoms with van der Waals surface area (Å²) in [6, 6.07) is 16.6. The number of para-hydroxylation sites is 2. The molecule has 188 valence electrons. The number of carbonyl (C=O) groups excluding carboxylic acids is 1. The summed E-state index contributed by atoms with van der Waals surface area (Å²) in [5, 5.41) is 16.6. The number of carbonyl (C=O) groups is 1. The van der Waals surface area contributed by atoms with Gasteiger partial charge in [0.15, 0.2) is 12.0 Å². The summed E-state index contributed by atoms with van der Waals surface area (Å²) in [5.74, 6) is 2.40. The molecule has 1 aliphatic heterocycles. The van der Waals surface area contributed by atoms with Crippen LogP contribution in [0.15, 0.2) is 59.6 Å². The number of thiophene rings is 1. The van der Waals surface area contributed by atoms with Crippen LogP contribution in [0.25, 0.3) is 5.00 Å². The van der Waals surface area contributed by atoms with E-state index in [1.807, 2.05) is 36.4 Å². The maximum absolute atomic E-state index is 13.2. The summed E-state index contributed by atoms with van der Waals surface area (Å²) >= 11 is 8.37. The van der Waals surface area contributed by atoms with Crippen LogP contribution in [-0.2, 0) is 6.42 Å².